The van der Waals surface area contributed by atoms with Crippen LogP contribution in [0.3, 0.4) is 0 Å². The Morgan fingerprint density at radius 1 is 0.524 bits per heavy atom. The summed E-state index contributed by atoms with van der Waals surface area (Å²) in [5, 5.41) is 50.1. The summed E-state index contributed by atoms with van der Waals surface area (Å²) in [5.74, 6) is -1.15. The van der Waals surface area contributed by atoms with E-state index in [0.29, 0.717) is 12.8 Å². The summed E-state index contributed by atoms with van der Waals surface area (Å²) < 4.78 is 33.5. The van der Waals surface area contributed by atoms with E-state index in [1.807, 2.05) is 24.3 Å². The number of aliphatic hydroxyl groups excluding tert-OH is 5. The van der Waals surface area contributed by atoms with Crippen molar-refractivity contribution in [1.29, 1.82) is 0 Å². The van der Waals surface area contributed by atoms with Gasteiger partial charge >= 0.3 is 19.8 Å². The molecule has 0 aliphatic heterocycles. The van der Waals surface area contributed by atoms with E-state index in [9.17, 15) is 44.6 Å². The van der Waals surface area contributed by atoms with E-state index in [4.69, 9.17) is 18.5 Å². The fourth-order valence-corrected chi connectivity index (χ4v) is 7.48. The maximum Gasteiger partial charge on any atom is 0.472 e. The van der Waals surface area contributed by atoms with E-state index < -0.39 is 75.7 Å². The summed E-state index contributed by atoms with van der Waals surface area (Å²) in [4.78, 5) is 35.7. The normalized spacial score (nSPS) is 22.5. The van der Waals surface area contributed by atoms with Crippen LogP contribution in [0.1, 0.15) is 155 Å². The number of hydrogen-bond donors (Lipinski definition) is 6. The lowest BCUT2D eigenvalue weighted by molar-refractivity contribution is -0.220. The molecule has 7 unspecified atom stereocenters. The fourth-order valence-electron chi connectivity index (χ4n) is 6.50. The van der Waals surface area contributed by atoms with Gasteiger partial charge in [-0.1, -0.05) is 150 Å². The lowest BCUT2D eigenvalue weighted by Gasteiger charge is -2.41. The van der Waals surface area contributed by atoms with Crippen LogP contribution < -0.4 is 0 Å². The molecule has 360 valence electrons. The first-order chi connectivity index (χ1) is 30.4. The third kappa shape index (κ3) is 30.7. The predicted octanol–water partition coefficient (Wildman–Crippen LogP) is 9.28. The van der Waals surface area contributed by atoms with Crippen molar-refractivity contribution in [2.45, 2.75) is 198 Å². The molecule has 0 radical (unpaired) electrons. The molecule has 63 heavy (non-hydrogen) atoms. The van der Waals surface area contributed by atoms with Gasteiger partial charge in [0.2, 0.25) is 0 Å². The molecule has 13 nitrogen and oxygen atoms in total. The van der Waals surface area contributed by atoms with Crippen LogP contribution in [0, 0.1) is 0 Å². The highest BCUT2D eigenvalue weighted by Gasteiger charge is 2.51. The average Bonchev–Trinajstić information content (AvgIpc) is 3.26. The van der Waals surface area contributed by atoms with Crippen LogP contribution in [0.2, 0.25) is 0 Å². The van der Waals surface area contributed by atoms with Gasteiger partial charge in [-0.2, -0.15) is 0 Å². The van der Waals surface area contributed by atoms with Crippen LogP contribution in [0.4, 0.5) is 0 Å². The minimum atomic E-state index is -5.13. The lowest BCUT2D eigenvalue weighted by atomic mass is 9.85. The van der Waals surface area contributed by atoms with E-state index in [1.54, 1.807) is 0 Å². The Kier molecular flexibility index (Phi) is 35.3. The molecule has 6 N–H and O–H groups in total. The van der Waals surface area contributed by atoms with E-state index in [1.165, 1.54) is 25.7 Å². The maximum atomic E-state index is 12.8. The summed E-state index contributed by atoms with van der Waals surface area (Å²) in [7, 11) is -5.13. The van der Waals surface area contributed by atoms with Crippen molar-refractivity contribution >= 4 is 19.8 Å². The third-order valence-electron chi connectivity index (χ3n) is 10.3. The van der Waals surface area contributed by atoms with Gasteiger partial charge in [0.05, 0.1) is 6.61 Å². The summed E-state index contributed by atoms with van der Waals surface area (Å²) in [6, 6.07) is 0. The van der Waals surface area contributed by atoms with E-state index >= 15 is 0 Å². The zero-order valence-electron chi connectivity index (χ0n) is 38.1. The highest BCUT2D eigenvalue weighted by Crippen LogP contribution is 2.47. The Labute approximate surface area is 378 Å². The molecule has 0 amide bonds. The van der Waals surface area contributed by atoms with Crippen LogP contribution >= 0.6 is 7.82 Å². The third-order valence-corrected chi connectivity index (χ3v) is 11.3. The number of allylic oxidation sites excluding steroid dienone is 14. The minimum absolute atomic E-state index is 0.0642. The molecular weight excluding hydrogens is 828 g/mol. The smallest absolute Gasteiger partial charge is 0.462 e. The second kappa shape index (κ2) is 38.3. The van der Waals surface area contributed by atoms with Crippen LogP contribution in [-0.2, 0) is 32.7 Å². The lowest BCUT2D eigenvalue weighted by Crippen LogP contribution is -2.64. The summed E-state index contributed by atoms with van der Waals surface area (Å²) in [5.41, 5.74) is 0. The maximum absolute atomic E-state index is 12.8. The van der Waals surface area contributed by atoms with Gasteiger partial charge in [0.1, 0.15) is 43.2 Å². The minimum Gasteiger partial charge on any atom is -0.462 e. The molecule has 0 heterocycles. The Balaban J connectivity index is 2.46. The van der Waals surface area contributed by atoms with Gasteiger partial charge in [0.15, 0.2) is 6.10 Å². The first kappa shape index (κ1) is 58.0. The number of carbonyl (C=O) groups is 2. The van der Waals surface area contributed by atoms with Gasteiger partial charge < -0.3 is 39.9 Å². The van der Waals surface area contributed by atoms with Crippen LogP contribution in [0.15, 0.2) is 85.1 Å². The number of hydrogen-bond acceptors (Lipinski definition) is 12. The van der Waals surface area contributed by atoms with Gasteiger partial charge in [-0.25, -0.2) is 4.57 Å². The van der Waals surface area contributed by atoms with Crippen molar-refractivity contribution in [2.24, 2.45) is 0 Å². The van der Waals surface area contributed by atoms with Gasteiger partial charge in [-0.15, -0.1) is 0 Å². The molecule has 1 saturated carbocycles. The number of unbranched alkanes of at least 4 members (excludes halogenated alkanes) is 13. The molecule has 1 aliphatic rings. The van der Waals surface area contributed by atoms with E-state index in [-0.39, 0.29) is 12.8 Å². The summed E-state index contributed by atoms with van der Waals surface area (Å²) in [6.45, 7) is 3.09. The molecule has 1 aliphatic carbocycles. The number of phosphoric ester groups is 1. The molecule has 0 aromatic carbocycles. The number of ether oxygens (including phenoxy) is 2. The van der Waals surface area contributed by atoms with Crippen LogP contribution in [0.25, 0.3) is 0 Å². The Morgan fingerprint density at radius 2 is 0.968 bits per heavy atom. The van der Waals surface area contributed by atoms with Crippen molar-refractivity contribution in [1.82, 2.24) is 0 Å². The molecule has 0 bridgehead atoms. The molecule has 0 saturated heterocycles. The molecule has 1 rings (SSSR count). The zero-order chi connectivity index (χ0) is 46.4. The highest BCUT2D eigenvalue weighted by atomic mass is 31.2. The molecule has 0 aromatic rings. The van der Waals surface area contributed by atoms with Crippen LogP contribution in [0.5, 0.6) is 0 Å². The van der Waals surface area contributed by atoms with Gasteiger partial charge in [-0.3, -0.25) is 18.6 Å². The molecule has 0 spiro atoms. The first-order valence-corrected chi connectivity index (χ1v) is 24.9. The second-order valence-corrected chi connectivity index (χ2v) is 17.3. The number of rotatable bonds is 37. The monoisotopic (exact) mass is 909 g/mol. The van der Waals surface area contributed by atoms with Crippen LogP contribution in [-0.4, -0.2) is 98.3 Å². The van der Waals surface area contributed by atoms with Crippen molar-refractivity contribution in [2.75, 3.05) is 13.2 Å². The fraction of sp³-hybridized carbons (Fsp3) is 0.673. The molecule has 8 atom stereocenters. The zero-order valence-corrected chi connectivity index (χ0v) is 39.0. The predicted molar refractivity (Wildman–Crippen MR) is 248 cm³/mol. The average molecular weight is 909 g/mol. The number of aliphatic hydroxyl groups is 5. The molecule has 1 fully saturated rings. The number of esters is 2. The summed E-state index contributed by atoms with van der Waals surface area (Å²) >= 11 is 0. The largest absolute Gasteiger partial charge is 0.472 e. The van der Waals surface area contributed by atoms with E-state index in [0.717, 1.165) is 89.9 Å². The molecular formula is C49H81O13P. The Bertz CT molecular complexity index is 1420. The number of phosphoric acid groups is 1. The van der Waals surface area contributed by atoms with Gasteiger partial charge in [0, 0.05) is 12.8 Å². The quantitative estimate of drug-likeness (QED) is 0.0113. The Morgan fingerprint density at radius 3 is 1.51 bits per heavy atom. The van der Waals surface area contributed by atoms with Gasteiger partial charge in [0.25, 0.3) is 0 Å². The van der Waals surface area contributed by atoms with Crippen molar-refractivity contribution in [3.63, 3.8) is 0 Å². The van der Waals surface area contributed by atoms with Crippen molar-refractivity contribution in [3.05, 3.63) is 85.1 Å². The second-order valence-electron chi connectivity index (χ2n) is 15.9. The number of carbonyl (C=O) groups excluding carboxylic acids is 2. The Hall–Kier alpha value is -2.97. The van der Waals surface area contributed by atoms with Gasteiger partial charge in [-0.05, 0) is 77.0 Å². The standard InChI is InChI=1S/C49H81O13P/c1-3-5-7-9-11-13-15-17-18-19-20-21-22-23-24-26-27-29-31-33-35-37-42(50)59-39-41(40-60-63(57,58)62-49-47(55)45(53)44(52)46(54)48(49)56)61-43(51)38-36-34-32-30-28-25-16-14-12-10-8-6-4-2/h6,8,10-14,16-18,20-21,23-24,41,44-49,52-56H,3-5,7,9,15,19,22,25-40H2,1-2H3,(H,57,58)/b8-6+,12-10+,13-11+,16-14+,18-17+,21-20+,24-23+/t41?,44?,45-,46?,47?,48?,49?/m0/s1. The SMILES string of the molecule is CC/C=C/C=C/C=C/CCCCCCCC(=O)OC(COC(=O)CCCCCCC/C=C/C/C=C/C/C=C/C/C=C/CCCCC)COP(=O)(O)OC1C(O)C(O)C(O)[C@H](O)C1O. The van der Waals surface area contributed by atoms with E-state index in [2.05, 4.69) is 74.6 Å². The van der Waals surface area contributed by atoms with Crippen molar-refractivity contribution < 1.29 is 63.1 Å². The topological polar surface area (TPSA) is 210 Å². The van der Waals surface area contributed by atoms with Crippen molar-refractivity contribution in [3.8, 4) is 0 Å². The summed E-state index contributed by atoms with van der Waals surface area (Å²) in [6.07, 6.45) is 36.4. The molecule has 14 heteroatoms. The first-order valence-electron chi connectivity index (χ1n) is 23.4. The molecule has 0 aromatic heterocycles. The highest BCUT2D eigenvalue weighted by molar-refractivity contribution is 7.47.